The fraction of sp³-hybridized carbons (Fsp3) is 0.636. The molecule has 0 fully saturated rings. The van der Waals surface area contributed by atoms with E-state index in [0.29, 0.717) is 19.0 Å². The number of carbonyl (C=O) groups excluding carboxylic acids is 1. The molecule has 17 heavy (non-hydrogen) atoms. The maximum absolute atomic E-state index is 11.6. The quantitative estimate of drug-likeness (QED) is 0.799. The summed E-state index contributed by atoms with van der Waals surface area (Å²) in [6.45, 7) is 6.59. The highest BCUT2D eigenvalue weighted by Gasteiger charge is 2.24. The molecule has 1 atom stereocenters. The van der Waals surface area contributed by atoms with Crippen molar-refractivity contribution in [2.75, 3.05) is 6.61 Å². The van der Waals surface area contributed by atoms with Gasteiger partial charge < -0.3 is 14.8 Å². The van der Waals surface area contributed by atoms with Gasteiger partial charge in [-0.3, -0.25) is 0 Å². The van der Waals surface area contributed by atoms with Crippen molar-refractivity contribution in [2.24, 2.45) is 0 Å². The first-order valence-electron chi connectivity index (χ1n) is 5.57. The first kappa shape index (κ1) is 11.8. The fourth-order valence-corrected chi connectivity index (χ4v) is 1.56. The topological polar surface area (TPSA) is 65.4 Å². The summed E-state index contributed by atoms with van der Waals surface area (Å²) in [5, 5.41) is 6.81. The van der Waals surface area contributed by atoms with Crippen molar-refractivity contribution in [2.45, 2.75) is 39.0 Å². The molecule has 0 aromatic carbocycles. The van der Waals surface area contributed by atoms with Gasteiger partial charge in [0.05, 0.1) is 12.7 Å². The molecule has 6 nitrogen and oxygen atoms in total. The summed E-state index contributed by atoms with van der Waals surface area (Å²) in [4.78, 5) is 11.6. The molecule has 2 rings (SSSR count). The Bertz CT molecular complexity index is 408. The van der Waals surface area contributed by atoms with Crippen molar-refractivity contribution in [1.29, 1.82) is 0 Å². The number of nitrogens with one attached hydrogen (secondary N) is 1. The van der Waals surface area contributed by atoms with Crippen molar-refractivity contribution < 1.29 is 14.3 Å². The number of nitrogens with zero attached hydrogens (tertiary/aromatic N) is 2. The monoisotopic (exact) mass is 239 g/mol. The van der Waals surface area contributed by atoms with Crippen molar-refractivity contribution in [3.63, 3.8) is 0 Å². The Balaban J connectivity index is 1.88. The number of alkyl carbamates (subject to hydrolysis) is 1. The Labute approximate surface area is 99.9 Å². The Morgan fingerprint density at radius 1 is 1.65 bits per heavy atom. The van der Waals surface area contributed by atoms with Gasteiger partial charge in [-0.25, -0.2) is 9.48 Å². The number of aromatic nitrogens is 2. The van der Waals surface area contributed by atoms with Crippen LogP contribution in [0.15, 0.2) is 12.3 Å². The lowest BCUT2D eigenvalue weighted by Crippen LogP contribution is -2.44. The first-order chi connectivity index (χ1) is 7.94. The number of amides is 1. The number of fused-ring (bicyclic) bond motifs is 1. The van der Waals surface area contributed by atoms with Gasteiger partial charge in [-0.2, -0.15) is 5.10 Å². The third kappa shape index (κ3) is 3.12. The lowest BCUT2D eigenvalue weighted by molar-refractivity contribution is 0.0275. The summed E-state index contributed by atoms with van der Waals surface area (Å²) < 4.78 is 12.3. The fourth-order valence-electron chi connectivity index (χ4n) is 1.56. The highest BCUT2D eigenvalue weighted by Crippen LogP contribution is 2.17. The lowest BCUT2D eigenvalue weighted by atomic mass is 10.1. The molecule has 1 amide bonds. The van der Waals surface area contributed by atoms with Gasteiger partial charge >= 0.3 is 6.09 Å². The van der Waals surface area contributed by atoms with Crippen LogP contribution >= 0.6 is 0 Å². The Hall–Kier alpha value is -1.72. The number of rotatable bonds is 1. The van der Waals surface area contributed by atoms with Crippen molar-refractivity contribution in [3.05, 3.63) is 12.3 Å². The third-order valence-electron chi connectivity index (χ3n) is 2.22. The van der Waals surface area contributed by atoms with E-state index in [1.54, 1.807) is 16.9 Å². The van der Waals surface area contributed by atoms with Crippen molar-refractivity contribution in [3.8, 4) is 5.88 Å². The second-order valence-corrected chi connectivity index (χ2v) is 5.06. The summed E-state index contributed by atoms with van der Waals surface area (Å²) in [5.74, 6) is 0.709. The molecule has 6 heteroatoms. The van der Waals surface area contributed by atoms with E-state index in [9.17, 15) is 4.79 Å². The first-order valence-corrected chi connectivity index (χ1v) is 5.57. The van der Waals surface area contributed by atoms with E-state index in [4.69, 9.17) is 9.47 Å². The maximum atomic E-state index is 11.6. The SMILES string of the molecule is CC(C)(C)NC(=O)O[C@H]1COc2ccnn2C1. The van der Waals surface area contributed by atoms with Gasteiger partial charge in [0.15, 0.2) is 6.10 Å². The average molecular weight is 239 g/mol. The average Bonchev–Trinajstić information content (AvgIpc) is 2.61. The Morgan fingerprint density at radius 3 is 3.12 bits per heavy atom. The van der Waals surface area contributed by atoms with Crippen LogP contribution in [0.3, 0.4) is 0 Å². The van der Waals surface area contributed by atoms with Crippen LogP contribution in [0.2, 0.25) is 0 Å². The Kier molecular flexibility index (Phi) is 2.95. The molecule has 2 heterocycles. The van der Waals surface area contributed by atoms with Gasteiger partial charge in [0.2, 0.25) is 5.88 Å². The van der Waals surface area contributed by atoms with Crippen molar-refractivity contribution >= 4 is 6.09 Å². The van der Waals surface area contributed by atoms with Crippen LogP contribution in [-0.4, -0.2) is 34.1 Å². The van der Waals surface area contributed by atoms with Gasteiger partial charge in [-0.1, -0.05) is 0 Å². The predicted octanol–water partition coefficient (Wildman–Crippen LogP) is 1.17. The number of ether oxygens (including phenoxy) is 2. The van der Waals surface area contributed by atoms with E-state index >= 15 is 0 Å². The van der Waals surface area contributed by atoms with Crippen LogP contribution in [0.4, 0.5) is 4.79 Å². The molecule has 0 radical (unpaired) electrons. The smallest absolute Gasteiger partial charge is 0.408 e. The van der Waals surface area contributed by atoms with Gasteiger partial charge in [0.1, 0.15) is 6.61 Å². The van der Waals surface area contributed by atoms with Crippen LogP contribution in [0.25, 0.3) is 0 Å². The second-order valence-electron chi connectivity index (χ2n) is 5.06. The molecule has 94 valence electrons. The summed E-state index contributed by atoms with van der Waals surface area (Å²) >= 11 is 0. The standard InChI is InChI=1S/C11H17N3O3/c1-11(2,3)13-10(15)17-8-6-14-9(16-7-8)4-5-12-14/h4-5,8H,6-7H2,1-3H3,(H,13,15)/t8-/m1/s1. The van der Waals surface area contributed by atoms with Crippen LogP contribution in [0.5, 0.6) is 5.88 Å². The zero-order chi connectivity index (χ0) is 12.5. The lowest BCUT2D eigenvalue weighted by Gasteiger charge is -2.26. The molecule has 0 saturated heterocycles. The summed E-state index contributed by atoms with van der Waals surface area (Å²) in [5.41, 5.74) is -0.302. The zero-order valence-electron chi connectivity index (χ0n) is 10.3. The van der Waals surface area contributed by atoms with E-state index < -0.39 is 6.09 Å². The van der Waals surface area contributed by atoms with Gasteiger partial charge in [0, 0.05) is 11.6 Å². The molecule has 0 saturated carbocycles. The number of hydrogen-bond acceptors (Lipinski definition) is 4. The molecule has 1 aliphatic heterocycles. The largest absolute Gasteiger partial charge is 0.474 e. The Morgan fingerprint density at radius 2 is 2.41 bits per heavy atom. The van der Waals surface area contributed by atoms with E-state index in [2.05, 4.69) is 10.4 Å². The minimum absolute atomic E-state index is 0.301. The van der Waals surface area contributed by atoms with E-state index in [1.165, 1.54) is 0 Å². The minimum atomic E-state index is -0.429. The third-order valence-corrected chi connectivity index (χ3v) is 2.22. The van der Waals surface area contributed by atoms with E-state index in [0.717, 1.165) is 0 Å². The van der Waals surface area contributed by atoms with Gasteiger partial charge in [-0.05, 0) is 20.8 Å². The predicted molar refractivity (Wildman–Crippen MR) is 60.9 cm³/mol. The molecule has 0 unspecified atom stereocenters. The molecule has 1 aromatic heterocycles. The molecule has 0 bridgehead atoms. The number of carbonyl (C=O) groups is 1. The molecule has 1 aliphatic rings. The highest BCUT2D eigenvalue weighted by atomic mass is 16.6. The van der Waals surface area contributed by atoms with Gasteiger partial charge in [-0.15, -0.1) is 0 Å². The second kappa shape index (κ2) is 4.27. The highest BCUT2D eigenvalue weighted by molar-refractivity contribution is 5.68. The van der Waals surface area contributed by atoms with Crippen LogP contribution in [-0.2, 0) is 11.3 Å². The normalized spacial score (nSPS) is 19.1. The van der Waals surface area contributed by atoms with E-state index in [1.807, 2.05) is 20.8 Å². The molecular formula is C11H17N3O3. The van der Waals surface area contributed by atoms with Gasteiger partial charge in [0.25, 0.3) is 0 Å². The summed E-state index contributed by atoms with van der Waals surface area (Å²) in [7, 11) is 0. The molecule has 1 aromatic rings. The van der Waals surface area contributed by atoms with Crippen LogP contribution in [0, 0.1) is 0 Å². The van der Waals surface area contributed by atoms with Crippen LogP contribution in [0.1, 0.15) is 20.8 Å². The molecule has 0 spiro atoms. The minimum Gasteiger partial charge on any atom is -0.474 e. The van der Waals surface area contributed by atoms with Crippen molar-refractivity contribution in [1.82, 2.24) is 15.1 Å². The maximum Gasteiger partial charge on any atom is 0.408 e. The summed E-state index contributed by atoms with van der Waals surface area (Å²) in [6.07, 6.45) is 0.930. The van der Waals surface area contributed by atoms with E-state index in [-0.39, 0.29) is 11.6 Å². The molecule has 1 N–H and O–H groups in total. The zero-order valence-corrected chi connectivity index (χ0v) is 10.3. The summed E-state index contributed by atoms with van der Waals surface area (Å²) in [6, 6.07) is 1.78. The molecular weight excluding hydrogens is 222 g/mol. The van der Waals surface area contributed by atoms with Crippen LogP contribution < -0.4 is 10.1 Å². The molecule has 0 aliphatic carbocycles. The number of hydrogen-bond donors (Lipinski definition) is 1.